The molecule has 0 N–H and O–H groups in total. The van der Waals surface area contributed by atoms with Crippen molar-refractivity contribution in [1.82, 2.24) is 0 Å². The molecule has 3 heterocycles. The van der Waals surface area contributed by atoms with E-state index in [0.29, 0.717) is 25.9 Å². The van der Waals surface area contributed by atoms with Crippen molar-refractivity contribution in [3.8, 4) is 17.2 Å². The van der Waals surface area contributed by atoms with Crippen molar-refractivity contribution in [2.45, 2.75) is 18.3 Å². The summed E-state index contributed by atoms with van der Waals surface area (Å²) < 4.78 is 31.7. The molecule has 3 aliphatic heterocycles. The van der Waals surface area contributed by atoms with E-state index in [0.717, 1.165) is 37.1 Å². The van der Waals surface area contributed by atoms with Gasteiger partial charge in [-0.2, -0.15) is 0 Å². The molecule has 0 aromatic heterocycles. The first kappa shape index (κ1) is 18.1. The van der Waals surface area contributed by atoms with Crippen molar-refractivity contribution in [1.29, 1.82) is 0 Å². The minimum absolute atomic E-state index is 0.282. The number of hydrogen-bond donors (Lipinski definition) is 0. The van der Waals surface area contributed by atoms with Crippen LogP contribution in [0.15, 0.2) is 54.6 Å². The van der Waals surface area contributed by atoms with Crippen molar-refractivity contribution in [3.05, 3.63) is 54.6 Å². The molecular formula is C21H24O6. The summed E-state index contributed by atoms with van der Waals surface area (Å²) in [5.74, 6) is 2.57. The zero-order chi connectivity index (χ0) is 18.3. The first-order valence-electron chi connectivity index (χ1n) is 9.23. The lowest BCUT2D eigenvalue weighted by Crippen LogP contribution is -2.06. The third-order valence-electron chi connectivity index (χ3n) is 4.06. The molecule has 27 heavy (non-hydrogen) atoms. The molecule has 144 valence electrons. The fourth-order valence-electron chi connectivity index (χ4n) is 2.23. The Morgan fingerprint density at radius 2 is 1.00 bits per heavy atom. The van der Waals surface area contributed by atoms with Crippen LogP contribution < -0.4 is 14.2 Å². The van der Waals surface area contributed by atoms with Gasteiger partial charge in [0.05, 0.1) is 19.8 Å². The van der Waals surface area contributed by atoms with Gasteiger partial charge in [0.15, 0.2) is 0 Å². The van der Waals surface area contributed by atoms with Crippen LogP contribution in [0.1, 0.15) is 0 Å². The molecule has 2 aromatic rings. The summed E-state index contributed by atoms with van der Waals surface area (Å²) in [6.45, 7) is 4.41. The van der Waals surface area contributed by atoms with Gasteiger partial charge in [0.1, 0.15) is 55.4 Å². The highest BCUT2D eigenvalue weighted by atomic mass is 16.6. The second kappa shape index (κ2) is 9.08. The molecule has 0 bridgehead atoms. The predicted molar refractivity (Wildman–Crippen MR) is 98.6 cm³/mol. The van der Waals surface area contributed by atoms with Gasteiger partial charge in [-0.25, -0.2) is 0 Å². The summed E-state index contributed by atoms with van der Waals surface area (Å²) in [7, 11) is 0. The molecule has 0 aliphatic carbocycles. The summed E-state index contributed by atoms with van der Waals surface area (Å²) >= 11 is 0. The first-order valence-corrected chi connectivity index (χ1v) is 9.23. The van der Waals surface area contributed by atoms with Gasteiger partial charge in [-0.1, -0.05) is 24.3 Å². The zero-order valence-electron chi connectivity index (χ0n) is 15.1. The second-order valence-electron chi connectivity index (χ2n) is 6.59. The van der Waals surface area contributed by atoms with Crippen molar-refractivity contribution in [2.75, 3.05) is 39.6 Å². The van der Waals surface area contributed by atoms with Gasteiger partial charge in [0.25, 0.3) is 0 Å². The van der Waals surface area contributed by atoms with Crippen LogP contribution in [0.2, 0.25) is 0 Å². The average Bonchev–Trinajstić information content (AvgIpc) is 3.58. The first-order chi connectivity index (χ1) is 13.3. The molecule has 0 amide bonds. The van der Waals surface area contributed by atoms with Crippen molar-refractivity contribution < 1.29 is 28.4 Å². The quantitative estimate of drug-likeness (QED) is 0.631. The van der Waals surface area contributed by atoms with Crippen LogP contribution in [-0.4, -0.2) is 58.0 Å². The third kappa shape index (κ3) is 7.09. The summed E-state index contributed by atoms with van der Waals surface area (Å²) in [5.41, 5.74) is 0. The summed E-state index contributed by atoms with van der Waals surface area (Å²) in [4.78, 5) is 0. The Morgan fingerprint density at radius 1 is 0.593 bits per heavy atom. The molecule has 0 saturated carbocycles. The van der Waals surface area contributed by atoms with Crippen molar-refractivity contribution in [2.24, 2.45) is 0 Å². The Morgan fingerprint density at radius 3 is 1.44 bits per heavy atom. The standard InChI is InChI=1S/C12H14O4.C9H10O2/c1-2-9(13-5-11-7-15-11)4-10(3-1)14-6-12-8-16-12;1-2-4-8(5-3-1)10-6-9-7-11-9/h1-4,11-12H,5-8H2;1-5,9H,6-7H2. The smallest absolute Gasteiger partial charge is 0.123 e. The lowest BCUT2D eigenvalue weighted by atomic mass is 10.3. The van der Waals surface area contributed by atoms with Crippen LogP contribution in [0.4, 0.5) is 0 Å². The maximum Gasteiger partial charge on any atom is 0.123 e. The average molecular weight is 372 g/mol. The number of rotatable bonds is 9. The molecule has 3 unspecified atom stereocenters. The fraction of sp³-hybridized carbons (Fsp3) is 0.429. The Hall–Kier alpha value is -2.28. The number of ether oxygens (including phenoxy) is 6. The Bertz CT molecular complexity index is 664. The SMILES string of the molecule is c1cc(OCC2CO2)cc(OCC2CO2)c1.c1ccc(OCC2CO2)cc1. The largest absolute Gasteiger partial charge is 0.491 e. The lowest BCUT2D eigenvalue weighted by molar-refractivity contribution is 0.252. The highest BCUT2D eigenvalue weighted by Crippen LogP contribution is 2.22. The number of hydrogen-bond acceptors (Lipinski definition) is 6. The Labute approximate surface area is 158 Å². The van der Waals surface area contributed by atoms with Crippen LogP contribution in [0.25, 0.3) is 0 Å². The molecular weight excluding hydrogens is 348 g/mol. The van der Waals surface area contributed by atoms with E-state index in [1.54, 1.807) is 0 Å². The van der Waals surface area contributed by atoms with Gasteiger partial charge in [0.2, 0.25) is 0 Å². The monoisotopic (exact) mass is 372 g/mol. The third-order valence-corrected chi connectivity index (χ3v) is 4.06. The minimum atomic E-state index is 0.282. The highest BCUT2D eigenvalue weighted by Gasteiger charge is 2.24. The van der Waals surface area contributed by atoms with E-state index in [9.17, 15) is 0 Å². The lowest BCUT2D eigenvalue weighted by Gasteiger charge is -2.07. The van der Waals surface area contributed by atoms with Crippen molar-refractivity contribution >= 4 is 0 Å². The number of benzene rings is 2. The van der Waals surface area contributed by atoms with E-state index in [1.165, 1.54) is 0 Å². The van der Waals surface area contributed by atoms with Crippen LogP contribution in [-0.2, 0) is 14.2 Å². The van der Waals surface area contributed by atoms with Gasteiger partial charge in [-0.15, -0.1) is 0 Å². The van der Waals surface area contributed by atoms with E-state index in [-0.39, 0.29) is 12.2 Å². The fourth-order valence-corrected chi connectivity index (χ4v) is 2.23. The molecule has 3 atom stereocenters. The molecule has 6 heteroatoms. The molecule has 5 rings (SSSR count). The summed E-state index contributed by atoms with van der Waals surface area (Å²) in [5, 5.41) is 0. The molecule has 0 spiro atoms. The van der Waals surface area contributed by atoms with Crippen LogP contribution in [0.5, 0.6) is 17.2 Å². The van der Waals surface area contributed by atoms with Gasteiger partial charge in [0, 0.05) is 6.07 Å². The molecule has 2 aromatic carbocycles. The Kier molecular flexibility index (Phi) is 6.09. The maximum absolute atomic E-state index is 5.56. The summed E-state index contributed by atoms with van der Waals surface area (Å²) in [6, 6.07) is 17.4. The number of epoxide rings is 3. The predicted octanol–water partition coefficient (Wildman–Crippen LogP) is 2.71. The topological polar surface area (TPSA) is 65.3 Å². The van der Waals surface area contributed by atoms with Gasteiger partial charge >= 0.3 is 0 Å². The van der Waals surface area contributed by atoms with Crippen LogP contribution in [0.3, 0.4) is 0 Å². The molecule has 3 aliphatic rings. The highest BCUT2D eigenvalue weighted by molar-refractivity contribution is 5.33. The molecule has 3 saturated heterocycles. The normalized spacial score (nSPS) is 24.2. The zero-order valence-corrected chi connectivity index (χ0v) is 15.1. The van der Waals surface area contributed by atoms with Crippen LogP contribution in [0, 0.1) is 0 Å². The molecule has 0 radical (unpaired) electrons. The van der Waals surface area contributed by atoms with E-state index in [2.05, 4.69) is 0 Å². The maximum atomic E-state index is 5.56. The summed E-state index contributed by atoms with van der Waals surface area (Å²) in [6.07, 6.45) is 0.907. The second-order valence-corrected chi connectivity index (χ2v) is 6.59. The van der Waals surface area contributed by atoms with E-state index < -0.39 is 0 Å². The van der Waals surface area contributed by atoms with Crippen molar-refractivity contribution in [3.63, 3.8) is 0 Å². The number of para-hydroxylation sites is 1. The van der Waals surface area contributed by atoms with Gasteiger partial charge in [-0.05, 0) is 24.3 Å². The molecule has 3 fully saturated rings. The van der Waals surface area contributed by atoms with Gasteiger partial charge < -0.3 is 28.4 Å². The Balaban J connectivity index is 0.000000143. The van der Waals surface area contributed by atoms with Gasteiger partial charge in [-0.3, -0.25) is 0 Å². The van der Waals surface area contributed by atoms with E-state index in [4.69, 9.17) is 28.4 Å². The van der Waals surface area contributed by atoms with E-state index >= 15 is 0 Å². The van der Waals surface area contributed by atoms with Crippen LogP contribution >= 0.6 is 0 Å². The van der Waals surface area contributed by atoms with E-state index in [1.807, 2.05) is 54.6 Å². The minimum Gasteiger partial charge on any atom is -0.491 e. The molecule has 6 nitrogen and oxygen atoms in total.